The van der Waals surface area contributed by atoms with E-state index in [2.05, 4.69) is 44.9 Å². The van der Waals surface area contributed by atoms with Crippen LogP contribution in [0.4, 0.5) is 0 Å². The molecule has 5 nitrogen and oxygen atoms in total. The van der Waals surface area contributed by atoms with E-state index in [-0.39, 0.29) is 5.41 Å². The first-order chi connectivity index (χ1) is 10.1. The van der Waals surface area contributed by atoms with Crippen LogP contribution in [0.25, 0.3) is 0 Å². The van der Waals surface area contributed by atoms with Gasteiger partial charge in [0.05, 0.1) is 11.6 Å². The molecule has 0 bridgehead atoms. The summed E-state index contributed by atoms with van der Waals surface area (Å²) in [6.07, 6.45) is 4.65. The molecule has 1 aromatic heterocycles. The van der Waals surface area contributed by atoms with E-state index < -0.39 is 5.72 Å². The Morgan fingerprint density at radius 2 is 2.05 bits per heavy atom. The van der Waals surface area contributed by atoms with E-state index in [0.29, 0.717) is 11.9 Å². The Kier molecular flexibility index (Phi) is 7.35. The number of hydrogen-bond acceptors (Lipinski definition) is 5. The second-order valence-electron chi connectivity index (χ2n) is 7.27. The van der Waals surface area contributed by atoms with Crippen LogP contribution in [0.3, 0.4) is 0 Å². The lowest BCUT2D eigenvalue weighted by atomic mass is 9.81. The van der Waals surface area contributed by atoms with Crippen molar-refractivity contribution in [1.29, 1.82) is 0 Å². The summed E-state index contributed by atoms with van der Waals surface area (Å²) in [5, 5.41) is 9.09. The monoisotopic (exact) mass is 328 g/mol. The lowest BCUT2D eigenvalue weighted by molar-refractivity contribution is -0.0548. The molecular formula is C16H32N4OS. The fourth-order valence-electron chi connectivity index (χ4n) is 2.60. The molecule has 1 rings (SSSR count). The van der Waals surface area contributed by atoms with Gasteiger partial charge in [-0.25, -0.2) is 4.68 Å². The molecule has 1 aromatic rings. The first-order valence-electron chi connectivity index (χ1n) is 8.07. The van der Waals surface area contributed by atoms with Crippen LogP contribution in [0, 0.1) is 5.41 Å². The first kappa shape index (κ1) is 19.5. The van der Waals surface area contributed by atoms with Crippen LogP contribution in [0.2, 0.25) is 0 Å². The Bertz CT molecular complexity index is 443. The van der Waals surface area contributed by atoms with Crippen molar-refractivity contribution >= 4 is 11.8 Å². The van der Waals surface area contributed by atoms with Crippen molar-refractivity contribution in [3.63, 3.8) is 0 Å². The molecule has 0 aromatic carbocycles. The highest BCUT2D eigenvalue weighted by molar-refractivity contribution is 7.98. The van der Waals surface area contributed by atoms with Gasteiger partial charge in [-0.2, -0.15) is 0 Å². The second-order valence-corrected chi connectivity index (χ2v) is 8.81. The van der Waals surface area contributed by atoms with Gasteiger partial charge in [-0.1, -0.05) is 39.8 Å². The molecule has 128 valence electrons. The van der Waals surface area contributed by atoms with Crippen molar-refractivity contribution in [2.24, 2.45) is 11.1 Å². The van der Waals surface area contributed by atoms with E-state index in [4.69, 9.17) is 10.5 Å². The van der Waals surface area contributed by atoms with Crippen LogP contribution < -0.4 is 5.73 Å². The van der Waals surface area contributed by atoms with E-state index in [0.717, 1.165) is 30.8 Å². The topological polar surface area (TPSA) is 66.0 Å². The summed E-state index contributed by atoms with van der Waals surface area (Å²) in [4.78, 5) is 0. The van der Waals surface area contributed by atoms with E-state index >= 15 is 0 Å². The number of aromatic nitrogens is 3. The zero-order valence-electron chi connectivity index (χ0n) is 14.9. The second kappa shape index (κ2) is 8.31. The number of hydrogen-bond donors (Lipinski definition) is 1. The van der Waals surface area contributed by atoms with Crippen molar-refractivity contribution in [3.8, 4) is 0 Å². The maximum Gasteiger partial charge on any atom is 0.114 e. The highest BCUT2D eigenvalue weighted by Gasteiger charge is 2.30. The summed E-state index contributed by atoms with van der Waals surface area (Å²) in [7, 11) is 0. The summed E-state index contributed by atoms with van der Waals surface area (Å²) >= 11 is 1.86. The maximum absolute atomic E-state index is 6.26. The molecule has 22 heavy (non-hydrogen) atoms. The standard InChI is InChI=1S/C16H32N4OS/c1-7-8-21-16(6,17)11-15(4,5)9-14-10-20(19-18-14)12-22-13(2)3/h10,13H,7-9,11-12,17H2,1-6H3. The molecule has 0 amide bonds. The van der Waals surface area contributed by atoms with Gasteiger partial charge in [0.2, 0.25) is 0 Å². The van der Waals surface area contributed by atoms with Gasteiger partial charge in [-0.15, -0.1) is 16.9 Å². The fraction of sp³-hybridized carbons (Fsp3) is 0.875. The average molecular weight is 329 g/mol. The molecule has 1 unspecified atom stereocenters. The predicted molar refractivity (Wildman–Crippen MR) is 93.7 cm³/mol. The van der Waals surface area contributed by atoms with Gasteiger partial charge < -0.3 is 10.5 Å². The van der Waals surface area contributed by atoms with E-state index in [1.54, 1.807) is 0 Å². The Balaban J connectivity index is 2.56. The third-order valence-corrected chi connectivity index (χ3v) is 4.33. The molecule has 0 saturated heterocycles. The van der Waals surface area contributed by atoms with Crippen LogP contribution in [0.5, 0.6) is 0 Å². The van der Waals surface area contributed by atoms with Gasteiger partial charge in [0.15, 0.2) is 0 Å². The summed E-state index contributed by atoms with van der Waals surface area (Å²) in [6.45, 7) is 13.5. The summed E-state index contributed by atoms with van der Waals surface area (Å²) in [6, 6.07) is 0. The zero-order chi connectivity index (χ0) is 16.8. The molecule has 1 heterocycles. The summed E-state index contributed by atoms with van der Waals surface area (Å²) in [5.74, 6) is 0.847. The molecular weight excluding hydrogens is 296 g/mol. The SMILES string of the molecule is CCCOC(C)(N)CC(C)(C)Cc1cn(CSC(C)C)nn1. The largest absolute Gasteiger partial charge is 0.361 e. The third-order valence-electron chi connectivity index (χ3n) is 3.25. The van der Waals surface area contributed by atoms with Crippen molar-refractivity contribution < 1.29 is 4.74 Å². The van der Waals surface area contributed by atoms with E-state index in [1.165, 1.54) is 0 Å². The van der Waals surface area contributed by atoms with Gasteiger partial charge in [-0.3, -0.25) is 0 Å². The minimum absolute atomic E-state index is 0.0172. The highest BCUT2D eigenvalue weighted by Crippen LogP contribution is 2.31. The zero-order valence-corrected chi connectivity index (χ0v) is 15.7. The average Bonchev–Trinajstić information content (AvgIpc) is 2.79. The first-order valence-corrected chi connectivity index (χ1v) is 9.12. The number of ether oxygens (including phenoxy) is 1. The number of thioether (sulfide) groups is 1. The van der Waals surface area contributed by atoms with Gasteiger partial charge in [0.25, 0.3) is 0 Å². The minimum atomic E-state index is -0.594. The Morgan fingerprint density at radius 3 is 2.64 bits per heavy atom. The van der Waals surface area contributed by atoms with E-state index in [9.17, 15) is 0 Å². The number of nitrogens with zero attached hydrogens (tertiary/aromatic N) is 3. The van der Waals surface area contributed by atoms with Crippen LogP contribution in [0.15, 0.2) is 6.20 Å². The third kappa shape index (κ3) is 7.61. The fourth-order valence-corrected chi connectivity index (χ4v) is 3.17. The van der Waals surface area contributed by atoms with E-state index in [1.807, 2.05) is 29.6 Å². The molecule has 6 heteroatoms. The molecule has 0 fully saturated rings. The lowest BCUT2D eigenvalue weighted by Gasteiger charge is -2.34. The summed E-state index contributed by atoms with van der Waals surface area (Å²) < 4.78 is 7.66. The normalized spacial score (nSPS) is 15.3. The highest BCUT2D eigenvalue weighted by atomic mass is 32.2. The molecule has 2 N–H and O–H groups in total. The predicted octanol–water partition coefficient (Wildman–Crippen LogP) is 3.44. The van der Waals surface area contributed by atoms with Gasteiger partial charge in [0.1, 0.15) is 5.72 Å². The minimum Gasteiger partial charge on any atom is -0.361 e. The van der Waals surface area contributed by atoms with Crippen LogP contribution >= 0.6 is 11.8 Å². The molecule has 0 aliphatic rings. The smallest absolute Gasteiger partial charge is 0.114 e. The van der Waals surface area contributed by atoms with Crippen LogP contribution in [-0.2, 0) is 17.0 Å². The van der Waals surface area contributed by atoms with Crippen molar-refractivity contribution in [2.75, 3.05) is 6.61 Å². The van der Waals surface area contributed by atoms with Gasteiger partial charge in [-0.05, 0) is 31.6 Å². The molecule has 0 saturated carbocycles. The number of rotatable bonds is 10. The molecule has 0 radical (unpaired) electrons. The van der Waals surface area contributed by atoms with Gasteiger partial charge >= 0.3 is 0 Å². The molecule has 1 atom stereocenters. The molecule has 0 spiro atoms. The van der Waals surface area contributed by atoms with Crippen molar-refractivity contribution in [3.05, 3.63) is 11.9 Å². The molecule has 0 aliphatic heterocycles. The Labute approximate surface area is 139 Å². The molecule has 0 aliphatic carbocycles. The Morgan fingerprint density at radius 1 is 1.36 bits per heavy atom. The number of nitrogens with two attached hydrogens (primary N) is 1. The van der Waals surface area contributed by atoms with Gasteiger partial charge in [0, 0.05) is 18.1 Å². The van der Waals surface area contributed by atoms with Crippen molar-refractivity contribution in [2.45, 2.75) is 77.7 Å². The van der Waals surface area contributed by atoms with Crippen LogP contribution in [0.1, 0.15) is 60.1 Å². The van der Waals surface area contributed by atoms with Crippen LogP contribution in [-0.4, -0.2) is 32.6 Å². The summed E-state index contributed by atoms with van der Waals surface area (Å²) in [5.41, 5.74) is 6.70. The van der Waals surface area contributed by atoms with Crippen molar-refractivity contribution in [1.82, 2.24) is 15.0 Å². The quantitative estimate of drug-likeness (QED) is 0.667. The lowest BCUT2D eigenvalue weighted by Crippen LogP contribution is -2.44. The Hall–Kier alpha value is -0.590. The maximum atomic E-state index is 6.26.